The van der Waals surface area contributed by atoms with Gasteiger partial charge < -0.3 is 0 Å². The third-order valence-corrected chi connectivity index (χ3v) is 5.82. The lowest BCUT2D eigenvalue weighted by Crippen LogP contribution is -1.79. The second-order valence-electron chi connectivity index (χ2n) is 9.06. The van der Waals surface area contributed by atoms with Gasteiger partial charge in [0.2, 0.25) is 0 Å². The Morgan fingerprint density at radius 1 is 0.276 bits per heavy atom. The standard InChI is InChI=1S/C18H36.C11H24/c1-3-5-7-9-11-13-15-17-18-16-14-12-10-8-6-4-2;1-3-5-7-9-11-10-8-6-4-2/h17-18H,3-16H2,1-2H3;3-11H2,1-2H3/b18-17+;. The molecule has 0 unspecified atom stereocenters. The van der Waals surface area contributed by atoms with Gasteiger partial charge in [-0.05, 0) is 25.7 Å². The number of allylic oxidation sites excluding steroid dienone is 2. The summed E-state index contributed by atoms with van der Waals surface area (Å²) in [6.45, 7) is 9.12. The lowest BCUT2D eigenvalue weighted by molar-refractivity contribution is 0.572. The van der Waals surface area contributed by atoms with Gasteiger partial charge in [-0.2, -0.15) is 0 Å². The maximum Gasteiger partial charge on any atom is -0.0351 e. The summed E-state index contributed by atoms with van der Waals surface area (Å²) in [5.74, 6) is 0. The number of hydrogen-bond acceptors (Lipinski definition) is 0. The van der Waals surface area contributed by atoms with E-state index >= 15 is 0 Å². The Bertz CT molecular complexity index is 239. The molecule has 0 aliphatic carbocycles. The molecule has 0 heterocycles. The van der Waals surface area contributed by atoms with E-state index in [1.54, 1.807) is 0 Å². The summed E-state index contributed by atoms with van der Waals surface area (Å²) in [5.41, 5.74) is 0. The van der Waals surface area contributed by atoms with E-state index in [0.717, 1.165) is 0 Å². The smallest absolute Gasteiger partial charge is 0.0351 e. The summed E-state index contributed by atoms with van der Waals surface area (Å²) < 4.78 is 0. The third kappa shape index (κ3) is 35.5. The largest absolute Gasteiger partial charge is 0.0885 e. The average Bonchev–Trinajstić information content (AvgIpc) is 2.74. The van der Waals surface area contributed by atoms with Crippen molar-refractivity contribution in [1.29, 1.82) is 0 Å². The Balaban J connectivity index is 0. The van der Waals surface area contributed by atoms with Gasteiger partial charge >= 0.3 is 0 Å². The van der Waals surface area contributed by atoms with E-state index in [4.69, 9.17) is 0 Å². The maximum absolute atomic E-state index is 2.41. The Morgan fingerprint density at radius 3 is 0.724 bits per heavy atom. The van der Waals surface area contributed by atoms with Crippen LogP contribution in [0.1, 0.15) is 175 Å². The second-order valence-corrected chi connectivity index (χ2v) is 9.06. The molecule has 0 aromatic carbocycles. The first kappa shape index (κ1) is 30.9. The fourth-order valence-electron chi connectivity index (χ4n) is 3.70. The molecular weight excluding hydrogens is 348 g/mol. The zero-order valence-electron chi connectivity index (χ0n) is 21.4. The molecule has 0 aliphatic rings. The van der Waals surface area contributed by atoms with Crippen LogP contribution in [-0.4, -0.2) is 0 Å². The molecule has 0 saturated carbocycles. The molecule has 0 amide bonds. The minimum atomic E-state index is 1.31. The maximum atomic E-state index is 2.41. The first-order valence-electron chi connectivity index (χ1n) is 14.0. The van der Waals surface area contributed by atoms with Crippen LogP contribution in [0.2, 0.25) is 0 Å². The van der Waals surface area contributed by atoms with E-state index in [0.29, 0.717) is 0 Å². The van der Waals surface area contributed by atoms with Crippen LogP contribution >= 0.6 is 0 Å². The van der Waals surface area contributed by atoms with Gasteiger partial charge in [0.1, 0.15) is 0 Å². The highest BCUT2D eigenvalue weighted by atomic mass is 14.0. The van der Waals surface area contributed by atoms with Crippen molar-refractivity contribution in [2.75, 3.05) is 0 Å². The van der Waals surface area contributed by atoms with E-state index in [9.17, 15) is 0 Å². The topological polar surface area (TPSA) is 0 Å². The fourth-order valence-corrected chi connectivity index (χ4v) is 3.70. The molecule has 0 spiro atoms. The van der Waals surface area contributed by atoms with Gasteiger partial charge in [-0.3, -0.25) is 0 Å². The molecule has 0 rings (SSSR count). The van der Waals surface area contributed by atoms with Crippen molar-refractivity contribution < 1.29 is 0 Å². The van der Waals surface area contributed by atoms with Gasteiger partial charge in [0.05, 0.1) is 0 Å². The van der Waals surface area contributed by atoms with Gasteiger partial charge in [0.25, 0.3) is 0 Å². The van der Waals surface area contributed by atoms with Crippen LogP contribution in [0.4, 0.5) is 0 Å². The van der Waals surface area contributed by atoms with Gasteiger partial charge in [0, 0.05) is 0 Å². The van der Waals surface area contributed by atoms with E-state index in [1.165, 1.54) is 148 Å². The number of unbranched alkanes of at least 4 members (excludes halogenated alkanes) is 20. The monoisotopic (exact) mass is 408 g/mol. The molecule has 0 aromatic heterocycles. The molecule has 0 atom stereocenters. The van der Waals surface area contributed by atoms with Crippen molar-refractivity contribution >= 4 is 0 Å². The molecule has 0 bridgehead atoms. The molecule has 0 saturated heterocycles. The quantitative estimate of drug-likeness (QED) is 0.123. The minimum Gasteiger partial charge on any atom is -0.0885 e. The number of hydrogen-bond donors (Lipinski definition) is 0. The summed E-state index contributed by atoms with van der Waals surface area (Å²) in [6, 6.07) is 0. The van der Waals surface area contributed by atoms with Crippen LogP contribution in [0, 0.1) is 0 Å². The summed E-state index contributed by atoms with van der Waals surface area (Å²) in [6.07, 6.45) is 37.4. The summed E-state index contributed by atoms with van der Waals surface area (Å²) in [4.78, 5) is 0. The first-order valence-corrected chi connectivity index (χ1v) is 14.0. The Morgan fingerprint density at radius 2 is 0.483 bits per heavy atom. The SMILES string of the molecule is CCCCCCCC/C=C/CCCCCCCC.CCCCCCCCCCC. The van der Waals surface area contributed by atoms with Crippen LogP contribution in [-0.2, 0) is 0 Å². The first-order chi connectivity index (χ1) is 14.3. The zero-order chi connectivity index (χ0) is 21.7. The van der Waals surface area contributed by atoms with Crippen LogP contribution in [0.5, 0.6) is 0 Å². The molecule has 0 radical (unpaired) electrons. The molecule has 0 fully saturated rings. The molecule has 0 N–H and O–H groups in total. The van der Waals surface area contributed by atoms with Crippen molar-refractivity contribution in [2.24, 2.45) is 0 Å². The molecule has 0 aromatic rings. The van der Waals surface area contributed by atoms with E-state index < -0.39 is 0 Å². The van der Waals surface area contributed by atoms with Crippen molar-refractivity contribution in [3.63, 3.8) is 0 Å². The van der Waals surface area contributed by atoms with Crippen LogP contribution in [0.15, 0.2) is 12.2 Å². The Labute approximate surface area is 187 Å². The van der Waals surface area contributed by atoms with Crippen LogP contribution in [0.25, 0.3) is 0 Å². The van der Waals surface area contributed by atoms with Crippen molar-refractivity contribution in [3.05, 3.63) is 12.2 Å². The predicted molar refractivity (Wildman–Crippen MR) is 138 cm³/mol. The second kappa shape index (κ2) is 32.4. The van der Waals surface area contributed by atoms with Crippen LogP contribution in [0.3, 0.4) is 0 Å². The van der Waals surface area contributed by atoms with Gasteiger partial charge in [-0.1, -0.05) is 162 Å². The van der Waals surface area contributed by atoms with Crippen LogP contribution < -0.4 is 0 Å². The predicted octanol–water partition coefficient (Wildman–Crippen LogP) is 11.6. The highest BCUT2D eigenvalue weighted by Crippen LogP contribution is 2.10. The molecule has 0 heteroatoms. The van der Waals surface area contributed by atoms with Gasteiger partial charge in [0.15, 0.2) is 0 Å². The molecule has 0 aliphatic heterocycles. The van der Waals surface area contributed by atoms with Gasteiger partial charge in [-0.15, -0.1) is 0 Å². The van der Waals surface area contributed by atoms with Crippen molar-refractivity contribution in [2.45, 2.75) is 175 Å². The molecule has 0 nitrogen and oxygen atoms in total. The molecular formula is C29H60. The Kier molecular flexibility index (Phi) is 34.6. The Hall–Kier alpha value is -0.260. The minimum absolute atomic E-state index is 1.31. The molecule has 176 valence electrons. The van der Waals surface area contributed by atoms with E-state index in [2.05, 4.69) is 39.8 Å². The summed E-state index contributed by atoms with van der Waals surface area (Å²) in [5, 5.41) is 0. The number of rotatable bonds is 22. The summed E-state index contributed by atoms with van der Waals surface area (Å²) >= 11 is 0. The molecule has 29 heavy (non-hydrogen) atoms. The lowest BCUT2D eigenvalue weighted by Gasteiger charge is -1.98. The highest BCUT2D eigenvalue weighted by molar-refractivity contribution is 4.81. The average molecular weight is 409 g/mol. The van der Waals surface area contributed by atoms with E-state index in [-0.39, 0.29) is 0 Å². The lowest BCUT2D eigenvalue weighted by atomic mass is 10.1. The van der Waals surface area contributed by atoms with Gasteiger partial charge in [-0.25, -0.2) is 0 Å². The third-order valence-electron chi connectivity index (χ3n) is 5.82. The zero-order valence-corrected chi connectivity index (χ0v) is 21.4. The fraction of sp³-hybridized carbons (Fsp3) is 0.931. The normalized spacial score (nSPS) is 11.0. The van der Waals surface area contributed by atoms with E-state index in [1.807, 2.05) is 0 Å². The summed E-state index contributed by atoms with van der Waals surface area (Å²) in [7, 11) is 0. The van der Waals surface area contributed by atoms with Crippen molar-refractivity contribution in [1.82, 2.24) is 0 Å². The highest BCUT2D eigenvalue weighted by Gasteiger charge is 1.90. The van der Waals surface area contributed by atoms with Crippen molar-refractivity contribution in [3.8, 4) is 0 Å².